The third kappa shape index (κ3) is 6.14. The molecule has 8 nitrogen and oxygen atoms in total. The second-order valence-corrected chi connectivity index (χ2v) is 8.61. The van der Waals surface area contributed by atoms with Gasteiger partial charge >= 0.3 is 11.9 Å². The van der Waals surface area contributed by atoms with Crippen molar-refractivity contribution in [2.45, 2.75) is 6.18 Å². The van der Waals surface area contributed by atoms with Gasteiger partial charge in [-0.25, -0.2) is 9.79 Å². The highest BCUT2D eigenvalue weighted by molar-refractivity contribution is 8.15. The van der Waals surface area contributed by atoms with E-state index in [4.69, 9.17) is 11.6 Å². The predicted octanol–water partition coefficient (Wildman–Crippen LogP) is 3.91. The van der Waals surface area contributed by atoms with Crippen molar-refractivity contribution < 1.29 is 23.1 Å². The van der Waals surface area contributed by atoms with Gasteiger partial charge in [0.25, 0.3) is 5.56 Å². The predicted molar refractivity (Wildman–Crippen MR) is 129 cm³/mol. The van der Waals surface area contributed by atoms with E-state index in [0.29, 0.717) is 10.7 Å². The Labute approximate surface area is 205 Å². The molecule has 0 aliphatic carbocycles. The maximum atomic E-state index is 12.9. The third-order valence-electron chi connectivity index (χ3n) is 4.72. The minimum absolute atomic E-state index is 0.0671. The van der Waals surface area contributed by atoms with Crippen molar-refractivity contribution in [2.75, 3.05) is 11.1 Å². The lowest BCUT2D eigenvalue weighted by atomic mass is 10.2. The van der Waals surface area contributed by atoms with E-state index < -0.39 is 34.8 Å². The minimum Gasteiger partial charge on any atom is -0.494 e. The fourth-order valence-corrected chi connectivity index (χ4v) is 3.88. The quantitative estimate of drug-likeness (QED) is 0.387. The Morgan fingerprint density at radius 1 is 1.11 bits per heavy atom. The van der Waals surface area contributed by atoms with Crippen LogP contribution in [0.2, 0.25) is 5.02 Å². The molecule has 0 fully saturated rings. The molecule has 0 unspecified atom stereocenters. The number of aromatic nitrogens is 2. The molecule has 0 atom stereocenters. The van der Waals surface area contributed by atoms with Crippen molar-refractivity contribution in [3.8, 4) is 5.88 Å². The van der Waals surface area contributed by atoms with E-state index in [-0.39, 0.29) is 22.0 Å². The summed E-state index contributed by atoms with van der Waals surface area (Å²) in [6, 6.07) is 10.3. The van der Waals surface area contributed by atoms with Gasteiger partial charge in [-0.2, -0.15) is 13.2 Å². The molecule has 13 heteroatoms. The zero-order valence-electron chi connectivity index (χ0n) is 18.3. The second-order valence-electron chi connectivity index (χ2n) is 7.21. The number of aliphatic imine (C=N–C) groups is 1. The van der Waals surface area contributed by atoms with Crippen LogP contribution in [0, 0.1) is 0 Å². The smallest absolute Gasteiger partial charge is 0.416 e. The first kappa shape index (κ1) is 26.1. The van der Waals surface area contributed by atoms with Crippen molar-refractivity contribution in [1.29, 1.82) is 0 Å². The number of carbonyl (C=O) groups excluding carboxylic acids is 1. The van der Waals surface area contributed by atoms with Crippen molar-refractivity contribution >= 4 is 45.7 Å². The van der Waals surface area contributed by atoms with Crippen LogP contribution in [0.5, 0.6) is 5.88 Å². The van der Waals surface area contributed by atoms with Gasteiger partial charge in [-0.05, 0) is 42.5 Å². The Morgan fingerprint density at radius 3 is 2.40 bits per heavy atom. The molecule has 2 aromatic carbocycles. The lowest BCUT2D eigenvalue weighted by Gasteiger charge is -2.13. The monoisotopic (exact) mass is 526 g/mol. The van der Waals surface area contributed by atoms with Crippen LogP contribution in [0.3, 0.4) is 0 Å². The average molecular weight is 527 g/mol. The zero-order chi connectivity index (χ0) is 25.9. The van der Waals surface area contributed by atoms with Gasteiger partial charge in [0.15, 0.2) is 0 Å². The molecule has 3 rings (SSSR count). The summed E-state index contributed by atoms with van der Waals surface area (Å²) in [5.41, 5.74) is -2.58. The highest BCUT2D eigenvalue weighted by atomic mass is 35.5. The molecule has 0 aliphatic rings. The maximum absolute atomic E-state index is 12.9. The Morgan fingerprint density at radius 2 is 1.77 bits per heavy atom. The molecule has 1 aromatic heterocycles. The molecule has 35 heavy (non-hydrogen) atoms. The number of carbonyl (C=O) groups is 1. The first-order valence-corrected chi connectivity index (χ1v) is 11.2. The van der Waals surface area contributed by atoms with E-state index >= 15 is 0 Å². The van der Waals surface area contributed by atoms with Crippen LogP contribution in [0.4, 0.5) is 24.5 Å². The second kappa shape index (κ2) is 10.4. The SMILES string of the molecule is Cn1c(O)c(C(=Nc2ccc(Cl)cc2)SCC(=O)Nc2cccc(C(F)(F)F)c2)c(=O)n(C)c1=O. The summed E-state index contributed by atoms with van der Waals surface area (Å²) in [6.07, 6.45) is -4.57. The number of nitrogens with one attached hydrogen (secondary N) is 1. The lowest BCUT2D eigenvalue weighted by Crippen LogP contribution is -2.39. The number of hydrogen-bond donors (Lipinski definition) is 2. The number of rotatable bonds is 5. The molecule has 0 bridgehead atoms. The molecule has 0 saturated carbocycles. The van der Waals surface area contributed by atoms with E-state index in [9.17, 15) is 32.7 Å². The van der Waals surface area contributed by atoms with Crippen LogP contribution in [0.1, 0.15) is 11.1 Å². The van der Waals surface area contributed by atoms with E-state index in [1.165, 1.54) is 32.3 Å². The van der Waals surface area contributed by atoms with Crippen LogP contribution in [-0.2, 0) is 25.1 Å². The Bertz CT molecular complexity index is 1420. The van der Waals surface area contributed by atoms with Gasteiger partial charge in [-0.3, -0.25) is 18.7 Å². The number of thioether (sulfide) groups is 1. The zero-order valence-corrected chi connectivity index (χ0v) is 19.8. The van der Waals surface area contributed by atoms with E-state index in [1.807, 2.05) is 0 Å². The van der Waals surface area contributed by atoms with E-state index in [1.54, 1.807) is 12.1 Å². The molecule has 0 spiro atoms. The number of hydrogen-bond acceptors (Lipinski definition) is 6. The molecule has 0 aliphatic heterocycles. The summed E-state index contributed by atoms with van der Waals surface area (Å²) in [7, 11) is 2.48. The molecule has 0 radical (unpaired) electrons. The minimum atomic E-state index is -4.57. The Hall–Kier alpha value is -3.51. The lowest BCUT2D eigenvalue weighted by molar-refractivity contribution is -0.137. The van der Waals surface area contributed by atoms with Gasteiger partial charge in [-0.1, -0.05) is 29.4 Å². The first-order valence-electron chi connectivity index (χ1n) is 9.82. The average Bonchev–Trinajstić information content (AvgIpc) is 2.81. The molecule has 0 saturated heterocycles. The van der Waals surface area contributed by atoms with Gasteiger partial charge in [0.05, 0.1) is 17.0 Å². The van der Waals surface area contributed by atoms with Crippen molar-refractivity contribution in [3.63, 3.8) is 0 Å². The van der Waals surface area contributed by atoms with Crippen LogP contribution >= 0.6 is 23.4 Å². The largest absolute Gasteiger partial charge is 0.494 e. The standard InChI is InChI=1S/C22H18ClF3N4O4S/c1-29-19(32)17(20(33)30(2)21(29)34)18(28-14-8-6-13(23)7-9-14)35-11-16(31)27-15-5-3-4-12(10-15)22(24,25)26/h3-10,32H,11H2,1-2H3,(H,27,31). The Balaban J connectivity index is 1.94. The molecule has 184 valence electrons. The number of halogens is 4. The fourth-order valence-electron chi connectivity index (χ4n) is 2.92. The van der Waals surface area contributed by atoms with Gasteiger partial charge in [0.2, 0.25) is 11.8 Å². The molecule has 2 N–H and O–H groups in total. The van der Waals surface area contributed by atoms with Gasteiger partial charge in [0.1, 0.15) is 10.6 Å². The molecular formula is C22H18ClF3N4O4S. The third-order valence-corrected chi connectivity index (χ3v) is 5.95. The van der Waals surface area contributed by atoms with Crippen LogP contribution in [0.15, 0.2) is 63.1 Å². The van der Waals surface area contributed by atoms with Crippen molar-refractivity contribution in [2.24, 2.45) is 19.1 Å². The maximum Gasteiger partial charge on any atom is 0.416 e. The number of nitrogens with zero attached hydrogens (tertiary/aromatic N) is 3. The van der Waals surface area contributed by atoms with Crippen LogP contribution in [-0.4, -0.2) is 30.9 Å². The number of benzene rings is 2. The number of anilines is 1. The normalized spacial score (nSPS) is 12.0. The topological polar surface area (TPSA) is 106 Å². The summed E-state index contributed by atoms with van der Waals surface area (Å²) in [5, 5.41) is 13.2. The van der Waals surface area contributed by atoms with Gasteiger partial charge in [0, 0.05) is 24.8 Å². The fraction of sp³-hybridized carbons (Fsp3) is 0.182. The van der Waals surface area contributed by atoms with E-state index in [2.05, 4.69) is 10.3 Å². The number of aromatic hydroxyl groups is 1. The van der Waals surface area contributed by atoms with Crippen LogP contribution in [0.25, 0.3) is 0 Å². The van der Waals surface area contributed by atoms with Crippen LogP contribution < -0.4 is 16.6 Å². The van der Waals surface area contributed by atoms with Crippen molar-refractivity contribution in [1.82, 2.24) is 9.13 Å². The van der Waals surface area contributed by atoms with E-state index in [0.717, 1.165) is 39.1 Å². The highest BCUT2D eigenvalue weighted by Gasteiger charge is 2.30. The summed E-state index contributed by atoms with van der Waals surface area (Å²) in [4.78, 5) is 41.7. The molecular weight excluding hydrogens is 509 g/mol. The summed E-state index contributed by atoms with van der Waals surface area (Å²) < 4.78 is 40.4. The van der Waals surface area contributed by atoms with Gasteiger partial charge in [-0.15, -0.1) is 0 Å². The summed E-state index contributed by atoms with van der Waals surface area (Å²) in [5.74, 6) is -1.70. The first-order chi connectivity index (χ1) is 16.4. The molecule has 1 amide bonds. The number of amides is 1. The van der Waals surface area contributed by atoms with Gasteiger partial charge < -0.3 is 10.4 Å². The number of alkyl halides is 3. The highest BCUT2D eigenvalue weighted by Crippen LogP contribution is 2.31. The molecule has 1 heterocycles. The molecule has 3 aromatic rings. The summed E-state index contributed by atoms with van der Waals surface area (Å²) >= 11 is 6.64. The van der Waals surface area contributed by atoms with Crippen molar-refractivity contribution in [3.05, 3.63) is 85.5 Å². The summed E-state index contributed by atoms with van der Waals surface area (Å²) in [6.45, 7) is 0. The Kier molecular flexibility index (Phi) is 7.76.